The monoisotopic (exact) mass is 856 g/mol. The van der Waals surface area contributed by atoms with E-state index in [-0.39, 0.29) is 30.2 Å². The second-order valence-corrected chi connectivity index (χ2v) is 18.1. The summed E-state index contributed by atoms with van der Waals surface area (Å²) in [6.07, 6.45) is 40.6. The zero-order valence-electron chi connectivity index (χ0n) is 39.8. The molecule has 2 heterocycles. The van der Waals surface area contributed by atoms with Crippen LogP contribution < -0.4 is 5.73 Å². The lowest BCUT2D eigenvalue weighted by molar-refractivity contribution is -0.150. The third kappa shape index (κ3) is 28.5. The summed E-state index contributed by atoms with van der Waals surface area (Å²) in [6.45, 7) is 11.1. The number of unbranched alkanes of at least 4 members (excludes halogenated alkanes) is 24. The number of hydrogen-bond acceptors (Lipinski definition) is 9. The van der Waals surface area contributed by atoms with Crippen LogP contribution >= 0.6 is 0 Å². The number of carbonyl (C=O) groups is 3. The van der Waals surface area contributed by atoms with Crippen LogP contribution in [0.4, 0.5) is 5.82 Å². The quantitative estimate of drug-likeness (QED) is 0.0508. The fraction of sp³-hybridized carbons (Fsp3) is 0.863. The van der Waals surface area contributed by atoms with Crippen LogP contribution in [0.15, 0.2) is 11.3 Å². The Kier molecular flexibility index (Phi) is 33.7. The Balaban J connectivity index is 1.69. The van der Waals surface area contributed by atoms with Gasteiger partial charge in [-0.15, -0.1) is 0 Å². The van der Waals surface area contributed by atoms with E-state index in [4.69, 9.17) is 15.2 Å². The highest BCUT2D eigenvalue weighted by Crippen LogP contribution is 2.25. The van der Waals surface area contributed by atoms with Crippen molar-refractivity contribution in [1.82, 2.24) is 14.5 Å². The molecule has 352 valence electrons. The normalized spacial score (nSPS) is 12.7. The predicted octanol–water partition coefficient (Wildman–Crippen LogP) is 13.5. The molecule has 1 aliphatic rings. The van der Waals surface area contributed by atoms with Crippen LogP contribution in [0.1, 0.15) is 256 Å². The Labute approximate surface area is 373 Å². The van der Waals surface area contributed by atoms with Crippen LogP contribution in [0.3, 0.4) is 0 Å². The Hall–Kier alpha value is -2.75. The van der Waals surface area contributed by atoms with Gasteiger partial charge in [0.05, 0.1) is 19.4 Å². The van der Waals surface area contributed by atoms with Crippen molar-refractivity contribution in [2.24, 2.45) is 10.7 Å². The van der Waals surface area contributed by atoms with Gasteiger partial charge in [-0.3, -0.25) is 14.4 Å². The lowest BCUT2D eigenvalue weighted by Crippen LogP contribution is -2.28. The minimum atomic E-state index is -0.0589. The standard InChI is InChI=1S/C51H93N5O5/c1-4-7-10-13-16-25-32-42-60-48(58)36-28-21-17-23-30-38-55(40-33-41-56-44-53-50-46(57)43-47(52)54-51(50)56)39-31-24-18-22-29-37-49(59)61-45(34-26-19-14-11-8-5-2)35-27-20-15-12-9-6-3/h44-45H,4-43H2,1-3H3,(H2,52,54). The zero-order valence-corrected chi connectivity index (χ0v) is 39.8. The number of hydrogen-bond donors (Lipinski definition) is 1. The maximum atomic E-state index is 12.9. The van der Waals surface area contributed by atoms with Gasteiger partial charge in [0.25, 0.3) is 0 Å². The van der Waals surface area contributed by atoms with E-state index in [1.807, 2.05) is 4.57 Å². The molecule has 0 spiro atoms. The van der Waals surface area contributed by atoms with E-state index in [1.54, 1.807) is 6.33 Å². The Morgan fingerprint density at radius 1 is 0.623 bits per heavy atom. The molecule has 0 saturated carbocycles. The first-order valence-corrected chi connectivity index (χ1v) is 25.9. The van der Waals surface area contributed by atoms with Gasteiger partial charge in [0.2, 0.25) is 0 Å². The summed E-state index contributed by atoms with van der Waals surface area (Å²) in [6, 6.07) is 0. The molecule has 0 aromatic carbocycles. The van der Waals surface area contributed by atoms with E-state index in [9.17, 15) is 14.4 Å². The Morgan fingerprint density at radius 2 is 1.08 bits per heavy atom. The smallest absolute Gasteiger partial charge is 0.306 e. The lowest BCUT2D eigenvalue weighted by atomic mass is 10.0. The van der Waals surface area contributed by atoms with Crippen LogP contribution in [0, 0.1) is 0 Å². The third-order valence-electron chi connectivity index (χ3n) is 12.3. The van der Waals surface area contributed by atoms with Crippen molar-refractivity contribution in [3.8, 4) is 0 Å². The molecular weight excluding hydrogens is 763 g/mol. The fourth-order valence-electron chi connectivity index (χ4n) is 8.48. The number of carbonyl (C=O) groups excluding carboxylic acids is 3. The first kappa shape index (κ1) is 54.4. The van der Waals surface area contributed by atoms with Gasteiger partial charge in [-0.1, -0.05) is 162 Å². The molecule has 1 aromatic rings. The first-order valence-electron chi connectivity index (χ1n) is 25.9. The van der Waals surface area contributed by atoms with E-state index in [0.717, 1.165) is 122 Å². The molecule has 0 bridgehead atoms. The van der Waals surface area contributed by atoms with E-state index >= 15 is 0 Å². The minimum absolute atomic E-state index is 0.00350. The second-order valence-electron chi connectivity index (χ2n) is 18.1. The highest BCUT2D eigenvalue weighted by Gasteiger charge is 2.23. The number of Topliss-reactive ketones (excluding diaryl/α,β-unsaturated/α-hetero) is 1. The van der Waals surface area contributed by atoms with Crippen molar-refractivity contribution >= 4 is 29.4 Å². The summed E-state index contributed by atoms with van der Waals surface area (Å²) in [7, 11) is 0. The molecule has 0 unspecified atom stereocenters. The maximum absolute atomic E-state index is 12.9. The van der Waals surface area contributed by atoms with Crippen molar-refractivity contribution < 1.29 is 23.9 Å². The van der Waals surface area contributed by atoms with E-state index in [2.05, 4.69) is 35.6 Å². The van der Waals surface area contributed by atoms with Gasteiger partial charge in [-0.25, -0.2) is 9.98 Å². The molecule has 0 aliphatic carbocycles. The van der Waals surface area contributed by atoms with Gasteiger partial charge >= 0.3 is 11.9 Å². The number of imidazole rings is 1. The van der Waals surface area contributed by atoms with E-state index in [0.29, 0.717) is 36.8 Å². The van der Waals surface area contributed by atoms with Crippen molar-refractivity contribution in [2.75, 3.05) is 26.2 Å². The van der Waals surface area contributed by atoms with Gasteiger partial charge < -0.3 is 24.7 Å². The molecule has 0 radical (unpaired) electrons. The number of aryl methyl sites for hydroxylation is 1. The van der Waals surface area contributed by atoms with Crippen molar-refractivity contribution in [3.63, 3.8) is 0 Å². The minimum Gasteiger partial charge on any atom is -0.466 e. The largest absolute Gasteiger partial charge is 0.466 e. The molecule has 2 rings (SSSR count). The first-order chi connectivity index (χ1) is 29.9. The molecule has 1 aliphatic heterocycles. The van der Waals surface area contributed by atoms with Crippen LogP contribution in [-0.4, -0.2) is 70.4 Å². The SMILES string of the molecule is CCCCCCCCCOC(=O)CCCCCCCN(CCCCCCCC(=O)OC(CCCCCCCC)CCCCCCCC)CCCn1cnc2c1N=C(N)CC2=O. The maximum Gasteiger partial charge on any atom is 0.306 e. The highest BCUT2D eigenvalue weighted by atomic mass is 16.5. The van der Waals surface area contributed by atoms with E-state index in [1.165, 1.54) is 109 Å². The topological polar surface area (TPSA) is 129 Å². The molecule has 1 aromatic heterocycles. The third-order valence-corrected chi connectivity index (χ3v) is 12.3. The molecule has 61 heavy (non-hydrogen) atoms. The van der Waals surface area contributed by atoms with Crippen LogP contribution in [0.25, 0.3) is 0 Å². The van der Waals surface area contributed by atoms with Gasteiger partial charge in [-0.2, -0.15) is 0 Å². The van der Waals surface area contributed by atoms with Gasteiger partial charge in [0.15, 0.2) is 17.3 Å². The van der Waals surface area contributed by atoms with Crippen LogP contribution in [0.5, 0.6) is 0 Å². The average Bonchev–Trinajstić information content (AvgIpc) is 3.65. The van der Waals surface area contributed by atoms with Gasteiger partial charge in [0, 0.05) is 19.4 Å². The molecule has 2 N–H and O–H groups in total. The summed E-state index contributed by atoms with van der Waals surface area (Å²) in [5.74, 6) is 0.853. The summed E-state index contributed by atoms with van der Waals surface area (Å²) in [4.78, 5) is 48.8. The number of ether oxygens (including phenoxy) is 2. The molecular formula is C51H93N5O5. The number of rotatable bonds is 43. The number of amidine groups is 1. The molecule has 0 saturated heterocycles. The number of ketones is 1. The number of nitrogens with zero attached hydrogens (tertiary/aromatic N) is 4. The molecule has 10 nitrogen and oxygen atoms in total. The van der Waals surface area contributed by atoms with E-state index < -0.39 is 0 Å². The Bertz CT molecular complexity index is 1270. The van der Waals surface area contributed by atoms with Crippen molar-refractivity contribution in [3.05, 3.63) is 12.0 Å². The fourth-order valence-corrected chi connectivity index (χ4v) is 8.48. The van der Waals surface area contributed by atoms with Crippen molar-refractivity contribution in [1.29, 1.82) is 0 Å². The van der Waals surface area contributed by atoms with Gasteiger partial charge in [-0.05, 0) is 83.8 Å². The molecule has 10 heteroatoms. The summed E-state index contributed by atoms with van der Waals surface area (Å²) >= 11 is 0. The molecule has 0 amide bonds. The predicted molar refractivity (Wildman–Crippen MR) is 254 cm³/mol. The molecule has 0 fully saturated rings. The number of esters is 2. The van der Waals surface area contributed by atoms with Gasteiger partial charge in [0.1, 0.15) is 11.9 Å². The highest BCUT2D eigenvalue weighted by molar-refractivity contribution is 6.13. The number of aliphatic imine (C=N–C) groups is 1. The average molecular weight is 856 g/mol. The van der Waals surface area contributed by atoms with Crippen molar-refractivity contribution in [2.45, 2.75) is 258 Å². The summed E-state index contributed by atoms with van der Waals surface area (Å²) in [5, 5.41) is 0. The number of fused-ring (bicyclic) bond motifs is 1. The lowest BCUT2D eigenvalue weighted by Gasteiger charge is -2.23. The Morgan fingerprint density at radius 3 is 1.64 bits per heavy atom. The van der Waals surface area contributed by atoms with Crippen LogP contribution in [0.2, 0.25) is 0 Å². The summed E-state index contributed by atoms with van der Waals surface area (Å²) < 4.78 is 13.5. The second kappa shape index (κ2) is 37.8. The molecule has 0 atom stereocenters. The number of nitrogens with two attached hydrogens (primary N) is 1. The zero-order chi connectivity index (χ0) is 44.0. The van der Waals surface area contributed by atoms with Crippen LogP contribution in [-0.2, 0) is 25.6 Å². The number of aromatic nitrogens is 2. The summed E-state index contributed by atoms with van der Waals surface area (Å²) in [5.41, 5.74) is 6.36.